The van der Waals surface area contributed by atoms with Crippen LogP contribution < -0.4 is 0 Å². The maximum atomic E-state index is 6.21. The average Bonchev–Trinajstić information content (AvgIpc) is 2.72. The Balaban J connectivity index is 2.48. The normalized spacial score (nSPS) is 39.1. The van der Waals surface area contributed by atoms with E-state index in [-0.39, 0.29) is 22.0 Å². The Morgan fingerprint density at radius 1 is 0.733 bits per heavy atom. The highest BCUT2D eigenvalue weighted by Crippen LogP contribution is 2.67. The fraction of sp³-hybridized carbons (Fsp3) is 0.714. The second-order valence-electron chi connectivity index (χ2n) is 6.79. The van der Waals surface area contributed by atoms with E-state index in [9.17, 15) is 0 Å². The topological polar surface area (TPSA) is 12.5 Å². The molecule has 0 aromatic carbocycles. The van der Waals surface area contributed by atoms with E-state index in [4.69, 9.17) is 4.74 Å². The van der Waals surface area contributed by atoms with Gasteiger partial charge in [-0.05, 0) is 23.0 Å². The zero-order valence-corrected chi connectivity index (χ0v) is 10.7. The van der Waals surface area contributed by atoms with Crippen molar-refractivity contribution in [1.29, 1.82) is 0 Å². The third-order valence-electron chi connectivity index (χ3n) is 3.83. The summed E-state index contributed by atoms with van der Waals surface area (Å²) < 4.78 is 6.21. The third kappa shape index (κ3) is 1.13. The summed E-state index contributed by atoms with van der Waals surface area (Å²) in [4.78, 5) is 0. The second-order valence-corrected chi connectivity index (χ2v) is 6.79. The quantitative estimate of drug-likeness (QED) is 0.550. The molecule has 0 amide bonds. The van der Waals surface area contributed by atoms with Crippen LogP contribution in [0.3, 0.4) is 0 Å². The molecule has 1 aliphatic heterocycles. The number of allylic oxidation sites excluding steroid dienone is 2. The Kier molecular flexibility index (Phi) is 1.88. The molecule has 2 aliphatic rings. The van der Waals surface area contributed by atoms with Gasteiger partial charge in [0.25, 0.3) is 0 Å². The molecule has 1 nitrogen and oxygen atoms in total. The van der Waals surface area contributed by atoms with Crippen molar-refractivity contribution < 1.29 is 4.74 Å². The molecule has 1 heteroatoms. The van der Waals surface area contributed by atoms with Crippen LogP contribution in [-0.4, -0.2) is 11.2 Å². The van der Waals surface area contributed by atoms with Gasteiger partial charge in [0.1, 0.15) is 11.2 Å². The summed E-state index contributed by atoms with van der Waals surface area (Å²) >= 11 is 0. The lowest BCUT2D eigenvalue weighted by Gasteiger charge is -2.35. The second kappa shape index (κ2) is 2.57. The molecule has 1 fully saturated rings. The summed E-state index contributed by atoms with van der Waals surface area (Å²) in [6, 6.07) is 0. The minimum atomic E-state index is -0.104. The Morgan fingerprint density at radius 3 is 1.33 bits per heavy atom. The molecular formula is C14H22O. The van der Waals surface area contributed by atoms with Crippen LogP contribution in [0, 0.1) is 10.8 Å². The summed E-state index contributed by atoms with van der Waals surface area (Å²) in [7, 11) is 0. The Bertz CT molecular complexity index is 303. The molecule has 2 atom stereocenters. The first-order valence-electron chi connectivity index (χ1n) is 5.74. The summed E-state index contributed by atoms with van der Waals surface area (Å²) in [6.07, 6.45) is 8.70. The lowest BCUT2D eigenvalue weighted by Crippen LogP contribution is -2.43. The predicted octanol–water partition coefficient (Wildman–Crippen LogP) is 3.71. The van der Waals surface area contributed by atoms with Gasteiger partial charge >= 0.3 is 0 Å². The summed E-state index contributed by atoms with van der Waals surface area (Å²) in [5.74, 6) is 0. The predicted molar refractivity (Wildman–Crippen MR) is 63.7 cm³/mol. The van der Waals surface area contributed by atoms with Gasteiger partial charge in [-0.15, -0.1) is 0 Å². The highest BCUT2D eigenvalue weighted by Gasteiger charge is 2.76. The Morgan fingerprint density at radius 2 is 1.07 bits per heavy atom. The van der Waals surface area contributed by atoms with Crippen molar-refractivity contribution in [3.8, 4) is 0 Å². The molecule has 1 saturated heterocycles. The van der Waals surface area contributed by atoms with Gasteiger partial charge in [-0.1, -0.05) is 53.7 Å². The minimum Gasteiger partial charge on any atom is -0.352 e. The van der Waals surface area contributed by atoms with Gasteiger partial charge in [0.15, 0.2) is 0 Å². The fourth-order valence-electron chi connectivity index (χ4n) is 2.85. The van der Waals surface area contributed by atoms with Crippen molar-refractivity contribution in [2.75, 3.05) is 0 Å². The highest BCUT2D eigenvalue weighted by atomic mass is 16.6. The molecule has 0 aromatic heterocycles. The Labute approximate surface area is 93.2 Å². The number of epoxide rings is 1. The van der Waals surface area contributed by atoms with Gasteiger partial charge < -0.3 is 4.74 Å². The first kappa shape index (κ1) is 10.9. The monoisotopic (exact) mass is 206 g/mol. The third-order valence-corrected chi connectivity index (χ3v) is 3.83. The molecular weight excluding hydrogens is 184 g/mol. The molecule has 1 aliphatic carbocycles. The molecule has 15 heavy (non-hydrogen) atoms. The average molecular weight is 206 g/mol. The van der Waals surface area contributed by atoms with Crippen LogP contribution in [0.4, 0.5) is 0 Å². The van der Waals surface area contributed by atoms with Gasteiger partial charge in [-0.25, -0.2) is 0 Å². The van der Waals surface area contributed by atoms with E-state index in [2.05, 4.69) is 65.8 Å². The SMILES string of the molecule is CC(C)(C)C12C=CC=CC1(C(C)(C)C)O2. The maximum absolute atomic E-state index is 6.21. The number of hydrogen-bond donors (Lipinski definition) is 0. The minimum absolute atomic E-state index is 0.104. The van der Waals surface area contributed by atoms with Gasteiger partial charge in [-0.3, -0.25) is 0 Å². The van der Waals surface area contributed by atoms with Gasteiger partial charge in [-0.2, -0.15) is 0 Å². The molecule has 0 radical (unpaired) electrons. The van der Waals surface area contributed by atoms with Crippen molar-refractivity contribution in [3.05, 3.63) is 24.3 Å². The van der Waals surface area contributed by atoms with E-state index in [1.54, 1.807) is 0 Å². The highest BCUT2D eigenvalue weighted by molar-refractivity contribution is 5.44. The summed E-state index contributed by atoms with van der Waals surface area (Å²) in [5, 5.41) is 0. The lowest BCUT2D eigenvalue weighted by molar-refractivity contribution is 0.179. The number of rotatable bonds is 0. The van der Waals surface area contributed by atoms with E-state index in [1.165, 1.54) is 0 Å². The van der Waals surface area contributed by atoms with Crippen molar-refractivity contribution >= 4 is 0 Å². The number of fused-ring (bicyclic) bond motifs is 1. The standard InChI is InChI=1S/C14H22O/c1-11(2,3)13-9-7-8-10-14(13,15-13)12(4,5)6/h7-10H,1-6H3. The van der Waals surface area contributed by atoms with Crippen molar-refractivity contribution in [3.63, 3.8) is 0 Å². The molecule has 2 rings (SSSR count). The molecule has 0 saturated carbocycles. The molecule has 2 unspecified atom stereocenters. The van der Waals surface area contributed by atoms with Crippen LogP contribution in [-0.2, 0) is 4.74 Å². The largest absolute Gasteiger partial charge is 0.352 e. The fourth-order valence-corrected chi connectivity index (χ4v) is 2.85. The van der Waals surface area contributed by atoms with Crippen LogP contribution in [0.25, 0.3) is 0 Å². The van der Waals surface area contributed by atoms with Gasteiger partial charge in [0.2, 0.25) is 0 Å². The van der Waals surface area contributed by atoms with E-state index < -0.39 is 0 Å². The molecule has 1 heterocycles. The van der Waals surface area contributed by atoms with E-state index in [0.717, 1.165) is 0 Å². The first-order chi connectivity index (χ1) is 6.66. The maximum Gasteiger partial charge on any atom is 0.126 e. The number of hydrogen-bond acceptors (Lipinski definition) is 1. The van der Waals surface area contributed by atoms with Crippen molar-refractivity contribution in [1.82, 2.24) is 0 Å². The summed E-state index contributed by atoms with van der Waals surface area (Å²) in [6.45, 7) is 13.5. The molecule has 0 bridgehead atoms. The van der Waals surface area contributed by atoms with E-state index in [1.807, 2.05) is 0 Å². The zero-order chi connectivity index (χ0) is 11.5. The summed E-state index contributed by atoms with van der Waals surface area (Å²) in [5.41, 5.74) is 0.0725. The number of ether oxygens (including phenoxy) is 1. The first-order valence-corrected chi connectivity index (χ1v) is 5.74. The smallest absolute Gasteiger partial charge is 0.126 e. The van der Waals surface area contributed by atoms with Gasteiger partial charge in [0, 0.05) is 0 Å². The van der Waals surface area contributed by atoms with E-state index in [0.29, 0.717) is 0 Å². The zero-order valence-electron chi connectivity index (χ0n) is 10.7. The van der Waals surface area contributed by atoms with Crippen molar-refractivity contribution in [2.45, 2.75) is 52.7 Å². The van der Waals surface area contributed by atoms with Crippen LogP contribution >= 0.6 is 0 Å². The van der Waals surface area contributed by atoms with Crippen LogP contribution in [0.15, 0.2) is 24.3 Å². The van der Waals surface area contributed by atoms with Crippen LogP contribution in [0.5, 0.6) is 0 Å². The Hall–Kier alpha value is -0.560. The molecule has 84 valence electrons. The molecule has 0 N–H and O–H groups in total. The van der Waals surface area contributed by atoms with Gasteiger partial charge in [0.05, 0.1) is 0 Å². The molecule has 0 aromatic rings. The lowest BCUT2D eigenvalue weighted by atomic mass is 9.63. The van der Waals surface area contributed by atoms with Crippen molar-refractivity contribution in [2.24, 2.45) is 10.8 Å². The van der Waals surface area contributed by atoms with Crippen LogP contribution in [0.1, 0.15) is 41.5 Å². The van der Waals surface area contributed by atoms with E-state index >= 15 is 0 Å². The molecule has 0 spiro atoms. The van der Waals surface area contributed by atoms with Crippen LogP contribution in [0.2, 0.25) is 0 Å².